The number of amides is 1. The first kappa shape index (κ1) is 22.0. The first-order valence-corrected chi connectivity index (χ1v) is 11.6. The number of benzene rings is 1. The fourth-order valence-electron chi connectivity index (χ4n) is 4.23. The molecule has 2 fully saturated rings. The number of alkyl halides is 3. The first-order valence-electron chi connectivity index (χ1n) is 10.6. The average Bonchev–Trinajstić information content (AvgIpc) is 3.44. The van der Waals surface area contributed by atoms with Gasteiger partial charge in [-0.3, -0.25) is 9.89 Å². The smallest absolute Gasteiger partial charge is 0.368 e. The van der Waals surface area contributed by atoms with E-state index in [0.29, 0.717) is 42.9 Å². The second-order valence-electron chi connectivity index (χ2n) is 8.12. The summed E-state index contributed by atoms with van der Waals surface area (Å²) >= 11 is 1.32. The lowest BCUT2D eigenvalue weighted by Gasteiger charge is -2.36. The number of aromatic nitrogens is 3. The van der Waals surface area contributed by atoms with Crippen molar-refractivity contribution in [1.29, 1.82) is 0 Å². The Morgan fingerprint density at radius 2 is 1.90 bits per heavy atom. The van der Waals surface area contributed by atoms with Crippen LogP contribution in [0.1, 0.15) is 37.1 Å². The van der Waals surface area contributed by atoms with E-state index in [-0.39, 0.29) is 11.7 Å². The van der Waals surface area contributed by atoms with Crippen LogP contribution in [0, 0.1) is 5.92 Å². The molecule has 0 radical (unpaired) electrons. The number of carbonyl (C=O) groups excluding carboxylic acids is 1. The Bertz CT molecular complexity index is 889. The highest BCUT2D eigenvalue weighted by molar-refractivity contribution is 7.99. The van der Waals surface area contributed by atoms with E-state index in [2.05, 4.69) is 15.2 Å². The predicted molar refractivity (Wildman–Crippen MR) is 113 cm³/mol. The Hall–Kier alpha value is -2.23. The average molecular weight is 454 g/mol. The van der Waals surface area contributed by atoms with Gasteiger partial charge in [-0.2, -0.15) is 13.2 Å². The minimum atomic E-state index is -4.36. The van der Waals surface area contributed by atoms with Gasteiger partial charge >= 0.3 is 6.18 Å². The van der Waals surface area contributed by atoms with E-state index < -0.39 is 11.7 Å². The van der Waals surface area contributed by atoms with Crippen molar-refractivity contribution in [2.75, 3.05) is 36.8 Å². The van der Waals surface area contributed by atoms with Crippen LogP contribution in [0.15, 0.2) is 29.4 Å². The molecule has 1 amide bonds. The standard InChI is InChI=1S/C21H26F3N5OS/c22-21(23,24)16-6-3-7-17(13-16)28-8-10-29(11-9-28)19(30)14-31-20-25-18(26-27-20)12-15-4-1-2-5-15/h3,6-7,13,15H,1-2,4-5,8-12,14H2,(H,25,26,27). The van der Waals surface area contributed by atoms with E-state index in [1.165, 1.54) is 49.6 Å². The number of H-pyrrole nitrogens is 1. The highest BCUT2D eigenvalue weighted by Gasteiger charge is 2.31. The number of carbonyl (C=O) groups is 1. The molecule has 6 nitrogen and oxygen atoms in total. The van der Waals surface area contributed by atoms with Gasteiger partial charge in [0.1, 0.15) is 5.82 Å². The highest BCUT2D eigenvalue weighted by Crippen LogP contribution is 2.32. The lowest BCUT2D eigenvalue weighted by atomic mass is 10.0. The maximum absolute atomic E-state index is 12.9. The summed E-state index contributed by atoms with van der Waals surface area (Å²) in [7, 11) is 0. The normalized spacial score (nSPS) is 18.0. The molecule has 31 heavy (non-hydrogen) atoms. The van der Waals surface area contributed by atoms with Gasteiger partial charge in [0, 0.05) is 38.3 Å². The van der Waals surface area contributed by atoms with Crippen LogP contribution in [-0.2, 0) is 17.4 Å². The van der Waals surface area contributed by atoms with E-state index in [9.17, 15) is 18.0 Å². The van der Waals surface area contributed by atoms with Gasteiger partial charge in [0.25, 0.3) is 0 Å². The molecule has 168 valence electrons. The van der Waals surface area contributed by atoms with Crippen LogP contribution in [0.5, 0.6) is 0 Å². The third-order valence-corrected chi connectivity index (χ3v) is 6.80. The number of halogens is 3. The molecule has 10 heteroatoms. The molecule has 2 heterocycles. The van der Waals surface area contributed by atoms with E-state index in [1.54, 1.807) is 11.0 Å². The van der Waals surface area contributed by atoms with Crippen LogP contribution in [0.3, 0.4) is 0 Å². The van der Waals surface area contributed by atoms with Crippen molar-refractivity contribution in [3.8, 4) is 0 Å². The molecule has 1 aromatic heterocycles. The maximum Gasteiger partial charge on any atom is 0.416 e. The fourth-order valence-corrected chi connectivity index (χ4v) is 4.95. The summed E-state index contributed by atoms with van der Waals surface area (Å²) in [6.07, 6.45) is 1.62. The van der Waals surface area contributed by atoms with E-state index in [1.807, 2.05) is 4.90 Å². The zero-order valence-electron chi connectivity index (χ0n) is 17.2. The molecular weight excluding hydrogens is 427 g/mol. The van der Waals surface area contributed by atoms with E-state index in [4.69, 9.17) is 0 Å². The Morgan fingerprint density at radius 3 is 2.61 bits per heavy atom. The number of anilines is 1. The van der Waals surface area contributed by atoms with Crippen molar-refractivity contribution in [1.82, 2.24) is 20.1 Å². The Morgan fingerprint density at radius 1 is 1.16 bits per heavy atom. The molecule has 1 aliphatic heterocycles. The number of hydrogen-bond donors (Lipinski definition) is 1. The summed E-state index contributed by atoms with van der Waals surface area (Å²) in [6, 6.07) is 5.33. The molecule has 4 rings (SSSR count). The maximum atomic E-state index is 12.9. The molecule has 1 aliphatic carbocycles. The van der Waals surface area contributed by atoms with Gasteiger partial charge in [-0.05, 0) is 24.1 Å². The van der Waals surface area contributed by atoms with Crippen molar-refractivity contribution in [3.63, 3.8) is 0 Å². The molecular formula is C21H26F3N5OS. The fraction of sp³-hybridized carbons (Fsp3) is 0.571. The number of rotatable bonds is 6. The minimum Gasteiger partial charge on any atom is -0.368 e. The molecule has 0 spiro atoms. The lowest BCUT2D eigenvalue weighted by Crippen LogP contribution is -2.49. The number of nitrogens with zero attached hydrogens (tertiary/aromatic N) is 4. The van der Waals surface area contributed by atoms with Gasteiger partial charge in [-0.25, -0.2) is 4.98 Å². The zero-order valence-corrected chi connectivity index (χ0v) is 18.0. The Balaban J connectivity index is 1.24. The van der Waals surface area contributed by atoms with Gasteiger partial charge < -0.3 is 9.80 Å². The summed E-state index contributed by atoms with van der Waals surface area (Å²) in [5.74, 6) is 1.82. The predicted octanol–water partition coefficient (Wildman–Crippen LogP) is 4.00. The monoisotopic (exact) mass is 453 g/mol. The van der Waals surface area contributed by atoms with Gasteiger partial charge in [0.15, 0.2) is 0 Å². The number of thioether (sulfide) groups is 1. The molecule has 1 saturated carbocycles. The molecule has 0 unspecified atom stereocenters. The summed E-state index contributed by atoms with van der Waals surface area (Å²) in [4.78, 5) is 20.7. The third kappa shape index (κ3) is 5.72. The van der Waals surface area contributed by atoms with Crippen LogP contribution >= 0.6 is 11.8 Å². The second kappa shape index (κ2) is 9.50. The number of nitrogens with one attached hydrogen (secondary N) is 1. The summed E-state index contributed by atoms with van der Waals surface area (Å²) in [6.45, 7) is 1.97. The van der Waals surface area contributed by atoms with Crippen LogP contribution in [0.4, 0.5) is 18.9 Å². The SMILES string of the molecule is O=C(CSc1n[nH]c(CC2CCCC2)n1)N1CCN(c2cccc(C(F)(F)F)c2)CC1. The highest BCUT2D eigenvalue weighted by atomic mass is 32.2. The lowest BCUT2D eigenvalue weighted by molar-refractivity contribution is -0.137. The van der Waals surface area contributed by atoms with E-state index in [0.717, 1.165) is 18.3 Å². The van der Waals surface area contributed by atoms with Crippen LogP contribution < -0.4 is 4.90 Å². The summed E-state index contributed by atoms with van der Waals surface area (Å²) in [5, 5.41) is 7.78. The van der Waals surface area contributed by atoms with Crippen LogP contribution in [-0.4, -0.2) is 57.9 Å². The Kier molecular flexibility index (Phi) is 6.74. The van der Waals surface area contributed by atoms with Gasteiger partial charge in [0.05, 0.1) is 11.3 Å². The van der Waals surface area contributed by atoms with Crippen LogP contribution in [0.25, 0.3) is 0 Å². The van der Waals surface area contributed by atoms with Crippen LogP contribution in [0.2, 0.25) is 0 Å². The van der Waals surface area contributed by atoms with Crippen molar-refractivity contribution in [3.05, 3.63) is 35.7 Å². The molecule has 1 saturated heterocycles. The zero-order chi connectivity index (χ0) is 21.8. The second-order valence-corrected chi connectivity index (χ2v) is 9.07. The molecule has 1 aromatic carbocycles. The molecule has 0 bridgehead atoms. The first-order chi connectivity index (χ1) is 14.9. The quantitative estimate of drug-likeness (QED) is 0.670. The summed E-state index contributed by atoms with van der Waals surface area (Å²) in [5.41, 5.74) is -0.120. The molecule has 2 aliphatic rings. The number of piperazine rings is 1. The van der Waals surface area contributed by atoms with E-state index >= 15 is 0 Å². The van der Waals surface area contributed by atoms with Gasteiger partial charge in [-0.15, -0.1) is 5.10 Å². The van der Waals surface area contributed by atoms with Crippen molar-refractivity contribution in [2.45, 2.75) is 43.4 Å². The Labute approximate surface area is 183 Å². The minimum absolute atomic E-state index is 0.00386. The van der Waals surface area contributed by atoms with Gasteiger partial charge in [0.2, 0.25) is 11.1 Å². The van der Waals surface area contributed by atoms with Crippen molar-refractivity contribution >= 4 is 23.4 Å². The molecule has 1 N–H and O–H groups in total. The summed E-state index contributed by atoms with van der Waals surface area (Å²) < 4.78 is 38.8. The topological polar surface area (TPSA) is 65.1 Å². The number of aromatic amines is 1. The molecule has 2 aromatic rings. The number of hydrogen-bond acceptors (Lipinski definition) is 5. The van der Waals surface area contributed by atoms with Gasteiger partial charge in [-0.1, -0.05) is 43.5 Å². The van der Waals surface area contributed by atoms with Crippen molar-refractivity contribution in [2.24, 2.45) is 5.92 Å². The third-order valence-electron chi connectivity index (χ3n) is 5.96. The largest absolute Gasteiger partial charge is 0.416 e. The molecule has 0 atom stereocenters. The van der Waals surface area contributed by atoms with Crippen molar-refractivity contribution < 1.29 is 18.0 Å².